The first-order chi connectivity index (χ1) is 22.9. The van der Waals surface area contributed by atoms with Crippen LogP contribution in [0.15, 0.2) is 107 Å². The molecule has 5 rings (SSSR count). The smallest absolute Gasteiger partial charge is 0.266 e. The molecule has 1 aliphatic heterocycles. The van der Waals surface area contributed by atoms with Crippen LogP contribution in [0.2, 0.25) is 0 Å². The molecule has 11 heteroatoms. The van der Waals surface area contributed by atoms with Gasteiger partial charge in [-0.2, -0.15) is 11.8 Å². The number of hydrogen-bond acceptors (Lipinski definition) is 8. The number of hydrogen-bond donors (Lipinski definition) is 3. The molecule has 0 aliphatic carbocycles. The van der Waals surface area contributed by atoms with Gasteiger partial charge in [0.15, 0.2) is 11.6 Å². The average Bonchev–Trinajstić information content (AvgIpc) is 3.49. The Morgan fingerprint density at radius 3 is 2.49 bits per heavy atom. The van der Waals surface area contributed by atoms with Crippen molar-refractivity contribution in [1.82, 2.24) is 10.9 Å². The highest BCUT2D eigenvalue weighted by Gasteiger charge is 2.53. The number of aliphatic hydroxyl groups excluding tert-OH is 1. The predicted molar refractivity (Wildman–Crippen MR) is 186 cm³/mol. The number of amides is 1. The zero-order valence-electron chi connectivity index (χ0n) is 26.0. The second kappa shape index (κ2) is 16.8. The van der Waals surface area contributed by atoms with Gasteiger partial charge in [0.1, 0.15) is 17.3 Å². The van der Waals surface area contributed by atoms with E-state index in [0.717, 1.165) is 26.9 Å². The first kappa shape index (κ1) is 34.4. The van der Waals surface area contributed by atoms with Gasteiger partial charge in [-0.05, 0) is 77.4 Å². The van der Waals surface area contributed by atoms with Crippen LogP contribution in [0.25, 0.3) is 0 Å². The highest BCUT2D eigenvalue weighted by molar-refractivity contribution is 9.10. The summed E-state index contributed by atoms with van der Waals surface area (Å²) in [7, 11) is 1.60. The number of nitrogens with one attached hydrogen (secondary N) is 2. The third-order valence-corrected chi connectivity index (χ3v) is 9.13. The van der Waals surface area contributed by atoms with Crippen LogP contribution in [0.1, 0.15) is 34.8 Å². The normalized spacial score (nSPS) is 17.1. The minimum Gasteiger partial charge on any atom is -0.497 e. The van der Waals surface area contributed by atoms with E-state index in [-0.39, 0.29) is 24.8 Å². The van der Waals surface area contributed by atoms with Gasteiger partial charge in [0.05, 0.1) is 13.7 Å². The number of halogens is 2. The molecule has 47 heavy (non-hydrogen) atoms. The Morgan fingerprint density at radius 2 is 1.77 bits per heavy atom. The number of methoxy groups -OCH3 is 1. The lowest BCUT2D eigenvalue weighted by molar-refractivity contribution is -0.130. The molecule has 4 aromatic rings. The quantitative estimate of drug-likeness (QED) is 0.0908. The molecule has 0 saturated heterocycles. The molecule has 0 bridgehead atoms. The molecular weight excluding hydrogens is 685 g/mol. The van der Waals surface area contributed by atoms with Crippen LogP contribution in [-0.2, 0) is 21.7 Å². The number of benzene rings is 4. The van der Waals surface area contributed by atoms with Crippen molar-refractivity contribution in [3.63, 3.8) is 0 Å². The van der Waals surface area contributed by atoms with Crippen LogP contribution in [0.5, 0.6) is 11.5 Å². The monoisotopic (exact) mass is 721 g/mol. The summed E-state index contributed by atoms with van der Waals surface area (Å²) in [4.78, 5) is 19.4. The van der Waals surface area contributed by atoms with E-state index >= 15 is 0 Å². The van der Waals surface area contributed by atoms with E-state index in [9.17, 15) is 9.18 Å². The largest absolute Gasteiger partial charge is 0.497 e. The van der Waals surface area contributed by atoms with Crippen molar-refractivity contribution in [3.05, 3.63) is 130 Å². The Hall–Kier alpha value is -3.90. The molecular formula is C36H37BrFN3O5S. The molecule has 1 heterocycles. The zero-order valence-corrected chi connectivity index (χ0v) is 28.4. The molecule has 4 aromatic carbocycles. The van der Waals surface area contributed by atoms with E-state index in [1.54, 1.807) is 31.0 Å². The number of nitrogens with zero attached hydrogens (tertiary/aromatic N) is 1. The number of thioether (sulfide) groups is 1. The molecule has 0 spiro atoms. The fourth-order valence-electron chi connectivity index (χ4n) is 5.15. The molecule has 8 nitrogen and oxygen atoms in total. The summed E-state index contributed by atoms with van der Waals surface area (Å²) in [6.45, 7) is 0.963. The van der Waals surface area contributed by atoms with Crippen molar-refractivity contribution in [2.24, 2.45) is 4.99 Å². The van der Waals surface area contributed by atoms with E-state index in [0.29, 0.717) is 48.3 Å². The maximum absolute atomic E-state index is 14.4. The lowest BCUT2D eigenvalue weighted by Gasteiger charge is -2.31. The highest BCUT2D eigenvalue weighted by atomic mass is 79.9. The molecule has 3 N–H and O–H groups in total. The van der Waals surface area contributed by atoms with Gasteiger partial charge in [0.2, 0.25) is 5.90 Å². The van der Waals surface area contributed by atoms with E-state index in [2.05, 4.69) is 26.8 Å². The summed E-state index contributed by atoms with van der Waals surface area (Å²) in [5, 5.41) is 9.07. The van der Waals surface area contributed by atoms with Gasteiger partial charge in [0, 0.05) is 47.5 Å². The van der Waals surface area contributed by atoms with Crippen LogP contribution in [0.4, 0.5) is 4.39 Å². The minimum absolute atomic E-state index is 0.0561. The van der Waals surface area contributed by atoms with Crippen LogP contribution >= 0.6 is 27.7 Å². The minimum atomic E-state index is -1.37. The molecule has 246 valence electrons. The second-order valence-corrected chi connectivity index (χ2v) is 12.9. The van der Waals surface area contributed by atoms with E-state index in [1.165, 1.54) is 12.1 Å². The van der Waals surface area contributed by atoms with E-state index in [1.807, 2.05) is 72.8 Å². The standard InChI is InChI=1S/C36H37BrFN3O5S/c1-44-32-5-2-4-28(22-32)33-36(23-25-6-12-29(37)13-7-25,35(43)41-39-18-21-47-24-26-8-14-30(38)15-9-26)40-34(46-33)27-10-16-31(17-11-27)45-20-3-19-42/h2,4-17,22,33,39,42H,3,18-21,23-24H2,1H3,(H,41,43)/t33-,36-/m0/s1. The van der Waals surface area contributed by atoms with Gasteiger partial charge in [-0.1, -0.05) is 52.3 Å². The Morgan fingerprint density at radius 1 is 1.02 bits per heavy atom. The van der Waals surface area contributed by atoms with Gasteiger partial charge in [-0.25, -0.2) is 14.8 Å². The van der Waals surface area contributed by atoms with Gasteiger partial charge in [-0.15, -0.1) is 0 Å². The SMILES string of the molecule is COc1cccc([C@@H]2OC(c3ccc(OCCCO)cc3)=N[C@]2(Cc2ccc(Br)cc2)C(=O)NNCCSCc2ccc(F)cc2)c1. The molecule has 2 atom stereocenters. The van der Waals surface area contributed by atoms with Gasteiger partial charge in [0.25, 0.3) is 5.91 Å². The molecule has 0 unspecified atom stereocenters. The number of aliphatic imine (C=N–C) groups is 1. The summed E-state index contributed by atoms with van der Waals surface area (Å²) >= 11 is 5.18. The third kappa shape index (κ3) is 9.13. The first-order valence-corrected chi connectivity index (χ1v) is 17.2. The average molecular weight is 723 g/mol. The molecule has 0 saturated carbocycles. The van der Waals surface area contributed by atoms with Crippen LogP contribution in [0.3, 0.4) is 0 Å². The molecule has 0 fully saturated rings. The van der Waals surface area contributed by atoms with E-state index < -0.39 is 11.6 Å². The molecule has 1 aliphatic rings. The van der Waals surface area contributed by atoms with Crippen molar-refractivity contribution in [2.45, 2.75) is 30.2 Å². The number of carbonyl (C=O) groups excluding carboxylic acids is 1. The molecule has 0 radical (unpaired) electrons. The summed E-state index contributed by atoms with van der Waals surface area (Å²) in [5.41, 5.74) is 8.02. The Bertz CT molecular complexity index is 1640. The number of carbonyl (C=O) groups is 1. The Kier molecular flexibility index (Phi) is 12.3. The lowest BCUT2D eigenvalue weighted by Crippen LogP contribution is -2.54. The van der Waals surface area contributed by atoms with Crippen molar-refractivity contribution < 1.29 is 28.5 Å². The Labute approximate surface area is 286 Å². The lowest BCUT2D eigenvalue weighted by atomic mass is 9.82. The number of aliphatic hydroxyl groups is 1. The van der Waals surface area contributed by atoms with Crippen LogP contribution in [0, 0.1) is 5.82 Å². The fourth-order valence-corrected chi connectivity index (χ4v) is 6.23. The number of hydrazine groups is 1. The maximum Gasteiger partial charge on any atom is 0.266 e. The van der Waals surface area contributed by atoms with Crippen molar-refractivity contribution >= 4 is 39.5 Å². The number of rotatable bonds is 16. The van der Waals surface area contributed by atoms with Crippen molar-refractivity contribution in [1.29, 1.82) is 0 Å². The second-order valence-electron chi connectivity index (χ2n) is 10.9. The zero-order chi connectivity index (χ0) is 33.1. The number of ether oxygens (including phenoxy) is 3. The van der Waals surface area contributed by atoms with Gasteiger partial charge >= 0.3 is 0 Å². The first-order valence-electron chi connectivity index (χ1n) is 15.2. The van der Waals surface area contributed by atoms with Crippen molar-refractivity contribution in [2.75, 3.05) is 32.6 Å². The fraction of sp³-hybridized carbons (Fsp3) is 0.278. The van der Waals surface area contributed by atoms with Gasteiger partial charge < -0.3 is 19.3 Å². The Balaban J connectivity index is 1.41. The molecule has 0 aromatic heterocycles. The third-order valence-electron chi connectivity index (χ3n) is 7.57. The topological polar surface area (TPSA) is 101 Å². The van der Waals surface area contributed by atoms with Gasteiger partial charge in [-0.3, -0.25) is 10.2 Å². The summed E-state index contributed by atoms with van der Waals surface area (Å²) in [6.07, 6.45) is 0.0290. The molecule has 1 amide bonds. The van der Waals surface area contributed by atoms with Crippen LogP contribution < -0.4 is 20.3 Å². The highest BCUT2D eigenvalue weighted by Crippen LogP contribution is 2.43. The summed E-state index contributed by atoms with van der Waals surface area (Å²) < 4.78 is 32.0. The predicted octanol–water partition coefficient (Wildman–Crippen LogP) is 6.41. The summed E-state index contributed by atoms with van der Waals surface area (Å²) in [5.74, 6) is 2.48. The van der Waals surface area contributed by atoms with E-state index in [4.69, 9.17) is 24.3 Å². The van der Waals surface area contributed by atoms with Crippen LogP contribution in [-0.4, -0.2) is 55.1 Å². The maximum atomic E-state index is 14.4. The summed E-state index contributed by atoms with van der Waals surface area (Å²) in [6, 6.07) is 29.1. The van der Waals surface area contributed by atoms with Crippen molar-refractivity contribution in [3.8, 4) is 11.5 Å².